The summed E-state index contributed by atoms with van der Waals surface area (Å²) < 4.78 is 39.3. The fraction of sp³-hybridized carbons (Fsp3) is 0.176. The quantitative estimate of drug-likeness (QED) is 0.874. The van der Waals surface area contributed by atoms with Crippen molar-refractivity contribution in [2.75, 3.05) is 25.5 Å². The number of benzene rings is 2. The summed E-state index contributed by atoms with van der Waals surface area (Å²) in [5.74, 6) is 5.02. The Morgan fingerprint density at radius 1 is 1.13 bits per heavy atom. The lowest BCUT2D eigenvalue weighted by Gasteiger charge is -2.11. The molecule has 0 amide bonds. The van der Waals surface area contributed by atoms with E-state index in [1.54, 1.807) is 0 Å². The third kappa shape index (κ3) is 4.81. The molecule has 0 aromatic heterocycles. The van der Waals surface area contributed by atoms with E-state index in [4.69, 9.17) is 0 Å². The largest absolute Gasteiger partial charge is 0.378 e. The van der Waals surface area contributed by atoms with E-state index in [0.29, 0.717) is 0 Å². The zero-order valence-corrected chi connectivity index (χ0v) is 13.7. The van der Waals surface area contributed by atoms with Gasteiger partial charge in [0.2, 0.25) is 10.0 Å². The molecule has 0 atom stereocenters. The van der Waals surface area contributed by atoms with Crippen LogP contribution in [0.2, 0.25) is 0 Å². The first-order valence-electron chi connectivity index (χ1n) is 6.90. The predicted octanol–water partition coefficient (Wildman–Crippen LogP) is 2.22. The minimum absolute atomic E-state index is 0.0473. The fourth-order valence-corrected chi connectivity index (χ4v) is 2.79. The van der Waals surface area contributed by atoms with Gasteiger partial charge in [-0.1, -0.05) is 17.9 Å². The van der Waals surface area contributed by atoms with Crippen LogP contribution in [0.4, 0.5) is 10.1 Å². The summed E-state index contributed by atoms with van der Waals surface area (Å²) in [6.45, 7) is -0.0473. The SMILES string of the molecule is CN(C)c1ccc(C#CCNS(=O)(=O)c2cccc(F)c2)cc1. The first kappa shape index (κ1) is 17.0. The van der Waals surface area contributed by atoms with Gasteiger partial charge in [0.05, 0.1) is 11.4 Å². The third-order valence-electron chi connectivity index (χ3n) is 3.07. The molecule has 0 bridgehead atoms. The fourth-order valence-electron chi connectivity index (χ4n) is 1.84. The van der Waals surface area contributed by atoms with Crippen molar-refractivity contribution in [1.29, 1.82) is 0 Å². The highest BCUT2D eigenvalue weighted by Crippen LogP contribution is 2.11. The molecule has 0 spiro atoms. The highest BCUT2D eigenvalue weighted by molar-refractivity contribution is 7.89. The smallest absolute Gasteiger partial charge is 0.241 e. The Bertz CT molecular complexity index is 835. The Kier molecular flexibility index (Phi) is 5.37. The summed E-state index contributed by atoms with van der Waals surface area (Å²) in [7, 11) is 0.138. The molecule has 0 saturated carbocycles. The Morgan fingerprint density at radius 3 is 2.43 bits per heavy atom. The van der Waals surface area contributed by atoms with Gasteiger partial charge in [-0.3, -0.25) is 0 Å². The van der Waals surface area contributed by atoms with Gasteiger partial charge >= 0.3 is 0 Å². The minimum atomic E-state index is -3.75. The van der Waals surface area contributed by atoms with Crippen molar-refractivity contribution in [3.8, 4) is 11.8 Å². The van der Waals surface area contributed by atoms with E-state index in [0.717, 1.165) is 17.3 Å². The Morgan fingerprint density at radius 2 is 1.83 bits per heavy atom. The van der Waals surface area contributed by atoms with Gasteiger partial charge in [0.15, 0.2) is 0 Å². The van der Waals surface area contributed by atoms with Crippen LogP contribution in [-0.2, 0) is 10.0 Å². The maximum Gasteiger partial charge on any atom is 0.241 e. The molecular weight excluding hydrogens is 315 g/mol. The summed E-state index contributed by atoms with van der Waals surface area (Å²) in [6.07, 6.45) is 0. The summed E-state index contributed by atoms with van der Waals surface area (Å²) in [6, 6.07) is 12.4. The second-order valence-corrected chi connectivity index (χ2v) is 6.79. The molecule has 6 heteroatoms. The Labute approximate surface area is 136 Å². The number of hydrogen-bond acceptors (Lipinski definition) is 3. The molecule has 0 fully saturated rings. The minimum Gasteiger partial charge on any atom is -0.378 e. The molecule has 1 N–H and O–H groups in total. The molecule has 120 valence electrons. The van der Waals surface area contributed by atoms with E-state index in [1.807, 2.05) is 43.3 Å². The average Bonchev–Trinajstić information content (AvgIpc) is 2.52. The highest BCUT2D eigenvalue weighted by atomic mass is 32.2. The molecule has 0 aliphatic carbocycles. The monoisotopic (exact) mass is 332 g/mol. The molecule has 23 heavy (non-hydrogen) atoms. The second-order valence-electron chi connectivity index (χ2n) is 5.03. The van der Waals surface area contributed by atoms with Gasteiger partial charge < -0.3 is 4.90 Å². The van der Waals surface area contributed by atoms with E-state index in [-0.39, 0.29) is 11.4 Å². The number of hydrogen-bond donors (Lipinski definition) is 1. The molecule has 0 unspecified atom stereocenters. The zero-order chi connectivity index (χ0) is 16.9. The topological polar surface area (TPSA) is 49.4 Å². The molecule has 0 aliphatic heterocycles. The van der Waals surface area contributed by atoms with E-state index in [2.05, 4.69) is 16.6 Å². The van der Waals surface area contributed by atoms with Crippen molar-refractivity contribution in [3.63, 3.8) is 0 Å². The van der Waals surface area contributed by atoms with Crippen LogP contribution in [0.25, 0.3) is 0 Å². The average molecular weight is 332 g/mol. The number of nitrogens with zero attached hydrogens (tertiary/aromatic N) is 1. The van der Waals surface area contributed by atoms with E-state index < -0.39 is 15.8 Å². The number of nitrogens with one attached hydrogen (secondary N) is 1. The molecule has 0 heterocycles. The van der Waals surface area contributed by atoms with Gasteiger partial charge in [-0.15, -0.1) is 0 Å². The van der Waals surface area contributed by atoms with Crippen LogP contribution in [0.1, 0.15) is 5.56 Å². The normalized spacial score (nSPS) is 10.7. The van der Waals surface area contributed by atoms with Crippen LogP contribution >= 0.6 is 0 Å². The van der Waals surface area contributed by atoms with E-state index >= 15 is 0 Å². The third-order valence-corrected chi connectivity index (χ3v) is 4.47. The number of rotatable bonds is 4. The predicted molar refractivity (Wildman–Crippen MR) is 89.2 cm³/mol. The standard InChI is InChI=1S/C17H17FN2O2S/c1-20(2)16-10-8-14(9-11-16)5-4-12-19-23(21,22)17-7-3-6-15(18)13-17/h3,6-11,13,19H,12H2,1-2H3. The van der Waals surface area contributed by atoms with Crippen LogP contribution < -0.4 is 9.62 Å². The Balaban J connectivity index is 1.99. The maximum absolute atomic E-state index is 13.1. The summed E-state index contributed by atoms with van der Waals surface area (Å²) in [4.78, 5) is 1.86. The van der Waals surface area contributed by atoms with Gasteiger partial charge in [-0.25, -0.2) is 12.8 Å². The van der Waals surface area contributed by atoms with Crippen LogP contribution in [0, 0.1) is 17.7 Å². The first-order chi connectivity index (χ1) is 10.9. The van der Waals surface area contributed by atoms with Crippen molar-refractivity contribution >= 4 is 15.7 Å². The molecule has 4 nitrogen and oxygen atoms in total. The van der Waals surface area contributed by atoms with E-state index in [1.165, 1.54) is 18.2 Å². The van der Waals surface area contributed by atoms with Crippen molar-refractivity contribution in [1.82, 2.24) is 4.72 Å². The zero-order valence-electron chi connectivity index (χ0n) is 12.9. The number of halogens is 1. The molecule has 2 aromatic carbocycles. The molecule has 0 radical (unpaired) electrons. The molecule has 2 rings (SSSR count). The first-order valence-corrected chi connectivity index (χ1v) is 8.38. The van der Waals surface area contributed by atoms with Gasteiger partial charge in [-0.05, 0) is 42.5 Å². The lowest BCUT2D eigenvalue weighted by atomic mass is 10.2. The van der Waals surface area contributed by atoms with Crippen LogP contribution in [-0.4, -0.2) is 29.1 Å². The van der Waals surface area contributed by atoms with Gasteiger partial charge in [0.25, 0.3) is 0 Å². The number of sulfonamides is 1. The molecule has 0 saturated heterocycles. The van der Waals surface area contributed by atoms with Crippen molar-refractivity contribution in [2.24, 2.45) is 0 Å². The van der Waals surface area contributed by atoms with Crippen LogP contribution in [0.15, 0.2) is 53.4 Å². The second kappa shape index (κ2) is 7.27. The van der Waals surface area contributed by atoms with Gasteiger partial charge in [0, 0.05) is 25.3 Å². The summed E-state index contributed by atoms with van der Waals surface area (Å²) in [5.41, 5.74) is 1.85. The highest BCUT2D eigenvalue weighted by Gasteiger charge is 2.12. The molecular formula is C17H17FN2O2S. The van der Waals surface area contributed by atoms with Crippen LogP contribution in [0.3, 0.4) is 0 Å². The lowest BCUT2D eigenvalue weighted by molar-refractivity contribution is 0.582. The number of anilines is 1. The van der Waals surface area contributed by atoms with Gasteiger partial charge in [0.1, 0.15) is 5.82 Å². The van der Waals surface area contributed by atoms with Crippen LogP contribution in [0.5, 0.6) is 0 Å². The van der Waals surface area contributed by atoms with Crippen molar-refractivity contribution in [2.45, 2.75) is 4.90 Å². The summed E-state index contributed by atoms with van der Waals surface area (Å²) >= 11 is 0. The van der Waals surface area contributed by atoms with Crippen molar-refractivity contribution < 1.29 is 12.8 Å². The molecule has 0 aliphatic rings. The van der Waals surface area contributed by atoms with Gasteiger partial charge in [-0.2, -0.15) is 4.72 Å². The van der Waals surface area contributed by atoms with Crippen molar-refractivity contribution in [3.05, 3.63) is 59.9 Å². The Hall–Kier alpha value is -2.36. The van der Waals surface area contributed by atoms with E-state index in [9.17, 15) is 12.8 Å². The lowest BCUT2D eigenvalue weighted by Crippen LogP contribution is -2.24. The maximum atomic E-state index is 13.1. The molecule has 2 aromatic rings. The summed E-state index contributed by atoms with van der Waals surface area (Å²) in [5, 5.41) is 0.